The van der Waals surface area contributed by atoms with Crippen LogP contribution in [0.3, 0.4) is 0 Å². The lowest BCUT2D eigenvalue weighted by Gasteiger charge is -2.37. The number of amides is 1. The lowest BCUT2D eigenvalue weighted by atomic mass is 10.1. The van der Waals surface area contributed by atoms with E-state index < -0.39 is 12.5 Å². The van der Waals surface area contributed by atoms with Crippen LogP contribution in [0.15, 0.2) is 22.6 Å². The number of alkyl halides is 2. The Labute approximate surface area is 174 Å². The molecule has 0 saturated carbocycles. The van der Waals surface area contributed by atoms with Crippen molar-refractivity contribution < 1.29 is 18.0 Å². The van der Waals surface area contributed by atoms with Gasteiger partial charge in [-0.1, -0.05) is 6.07 Å². The van der Waals surface area contributed by atoms with E-state index in [-0.39, 0.29) is 31.0 Å². The van der Waals surface area contributed by atoms with Crippen LogP contribution in [0.25, 0.3) is 11.1 Å². The van der Waals surface area contributed by atoms with Gasteiger partial charge in [0.2, 0.25) is 5.91 Å². The van der Waals surface area contributed by atoms with Crippen molar-refractivity contribution in [3.05, 3.63) is 23.8 Å². The number of nitrogens with zero attached hydrogens (tertiary/aromatic N) is 4. The summed E-state index contributed by atoms with van der Waals surface area (Å²) in [5.74, 6) is -2.93. The van der Waals surface area contributed by atoms with Crippen molar-refractivity contribution in [3.8, 4) is 0 Å². The quantitative estimate of drug-likeness (QED) is 0.820. The fourth-order valence-corrected chi connectivity index (χ4v) is 4.77. The van der Waals surface area contributed by atoms with E-state index in [1.165, 1.54) is 4.90 Å². The van der Waals surface area contributed by atoms with Crippen molar-refractivity contribution in [3.63, 3.8) is 0 Å². The van der Waals surface area contributed by atoms with Crippen LogP contribution in [-0.2, 0) is 4.79 Å². The van der Waals surface area contributed by atoms with Gasteiger partial charge >= 0.3 is 0 Å². The van der Waals surface area contributed by atoms with Crippen LogP contribution in [0.1, 0.15) is 18.4 Å². The number of fused-ring (bicyclic) bond motifs is 1. The molecule has 4 heterocycles. The number of aromatic nitrogens is 1. The number of halogens is 2. The summed E-state index contributed by atoms with van der Waals surface area (Å²) in [4.78, 5) is 23.1. The Kier molecular flexibility index (Phi) is 4.89. The Morgan fingerprint density at radius 1 is 1.23 bits per heavy atom. The van der Waals surface area contributed by atoms with Gasteiger partial charge in [0.1, 0.15) is 5.52 Å². The third-order valence-electron chi connectivity index (χ3n) is 6.52. The summed E-state index contributed by atoms with van der Waals surface area (Å²) in [5.41, 5.74) is 2.83. The standard InChI is InChI=1S/C21H27F2N5O2/c1-14-2-3-18-16(10-14)25-20(30-18)27-8-6-26(7-9-27)15-11-17(24-12-15)19(29)28-5-4-21(22,23)13-28/h2-3,10,15,17,24H,4-9,11-13H2,1H3/t15-,17-/m0/s1. The largest absolute Gasteiger partial charge is 0.423 e. The van der Waals surface area contributed by atoms with Crippen LogP contribution in [0.5, 0.6) is 0 Å². The second-order valence-corrected chi connectivity index (χ2v) is 8.71. The van der Waals surface area contributed by atoms with Gasteiger partial charge < -0.3 is 19.5 Å². The van der Waals surface area contributed by atoms with Crippen LogP contribution < -0.4 is 10.2 Å². The van der Waals surface area contributed by atoms with Gasteiger partial charge in [-0.25, -0.2) is 8.78 Å². The number of likely N-dealkylation sites (tertiary alicyclic amines) is 1. The zero-order valence-electron chi connectivity index (χ0n) is 17.1. The molecule has 3 fully saturated rings. The maximum absolute atomic E-state index is 13.4. The first kappa shape index (κ1) is 19.7. The molecular formula is C21H27F2N5O2. The lowest BCUT2D eigenvalue weighted by Crippen LogP contribution is -2.51. The van der Waals surface area contributed by atoms with E-state index in [9.17, 15) is 13.6 Å². The molecular weight excluding hydrogens is 392 g/mol. The Morgan fingerprint density at radius 2 is 2.03 bits per heavy atom. The number of carbonyl (C=O) groups is 1. The van der Waals surface area contributed by atoms with Crippen molar-refractivity contribution in [2.45, 2.75) is 37.8 Å². The van der Waals surface area contributed by atoms with E-state index in [1.807, 2.05) is 25.1 Å². The SMILES string of the molecule is Cc1ccc2oc(N3CCN([C@@H]4CN[C@H](C(=O)N5CCC(F)(F)C5)C4)CC3)nc2c1. The molecule has 3 aliphatic rings. The molecule has 0 bridgehead atoms. The van der Waals surface area contributed by atoms with E-state index in [4.69, 9.17) is 4.42 Å². The number of piperazine rings is 1. The molecule has 1 aromatic heterocycles. The van der Waals surface area contributed by atoms with E-state index in [0.29, 0.717) is 19.0 Å². The average molecular weight is 419 g/mol. The van der Waals surface area contributed by atoms with Gasteiger partial charge in [0.05, 0.1) is 12.6 Å². The molecule has 2 aromatic rings. The smallest absolute Gasteiger partial charge is 0.298 e. The predicted molar refractivity (Wildman–Crippen MR) is 109 cm³/mol. The fraction of sp³-hybridized carbons (Fsp3) is 0.619. The molecule has 1 amide bonds. The van der Waals surface area contributed by atoms with Gasteiger partial charge in [0, 0.05) is 51.7 Å². The first-order valence-electron chi connectivity index (χ1n) is 10.6. The highest BCUT2D eigenvalue weighted by molar-refractivity contribution is 5.82. The number of aryl methyl sites for hydroxylation is 1. The summed E-state index contributed by atoms with van der Waals surface area (Å²) in [5, 5.41) is 3.25. The summed E-state index contributed by atoms with van der Waals surface area (Å²) in [6.07, 6.45) is 0.440. The van der Waals surface area contributed by atoms with Crippen LogP contribution in [0.4, 0.5) is 14.8 Å². The van der Waals surface area contributed by atoms with Gasteiger partial charge in [0.25, 0.3) is 11.9 Å². The summed E-state index contributed by atoms with van der Waals surface area (Å²) in [6.45, 7) is 5.77. The van der Waals surface area contributed by atoms with Crippen LogP contribution >= 0.6 is 0 Å². The average Bonchev–Trinajstić information content (AvgIpc) is 3.45. The molecule has 1 aromatic carbocycles. The number of oxazole rings is 1. The molecule has 162 valence electrons. The molecule has 0 aliphatic carbocycles. The minimum absolute atomic E-state index is 0.150. The number of hydrogen-bond acceptors (Lipinski definition) is 6. The first-order chi connectivity index (χ1) is 14.4. The lowest BCUT2D eigenvalue weighted by molar-refractivity contribution is -0.133. The molecule has 0 radical (unpaired) electrons. The topological polar surface area (TPSA) is 64.9 Å². The Morgan fingerprint density at radius 3 is 2.77 bits per heavy atom. The monoisotopic (exact) mass is 419 g/mol. The molecule has 5 rings (SSSR count). The number of benzene rings is 1. The van der Waals surface area contributed by atoms with Crippen LogP contribution in [0, 0.1) is 6.92 Å². The highest BCUT2D eigenvalue weighted by Crippen LogP contribution is 2.29. The van der Waals surface area contributed by atoms with E-state index in [1.54, 1.807) is 0 Å². The summed E-state index contributed by atoms with van der Waals surface area (Å²) in [7, 11) is 0. The van der Waals surface area contributed by atoms with Gasteiger partial charge in [-0.2, -0.15) is 4.98 Å². The number of carbonyl (C=O) groups excluding carboxylic acids is 1. The maximum Gasteiger partial charge on any atom is 0.298 e. The zero-order chi connectivity index (χ0) is 20.9. The number of rotatable bonds is 3. The molecule has 7 nitrogen and oxygen atoms in total. The second kappa shape index (κ2) is 7.46. The summed E-state index contributed by atoms with van der Waals surface area (Å²) >= 11 is 0. The normalized spacial score (nSPS) is 27.3. The molecule has 0 unspecified atom stereocenters. The minimum atomic E-state index is -2.74. The molecule has 9 heteroatoms. The molecule has 1 N–H and O–H groups in total. The number of hydrogen-bond donors (Lipinski definition) is 1. The molecule has 30 heavy (non-hydrogen) atoms. The van der Waals surface area contributed by atoms with Crippen LogP contribution in [-0.4, -0.2) is 84.5 Å². The van der Waals surface area contributed by atoms with Crippen molar-refractivity contribution in [2.24, 2.45) is 0 Å². The van der Waals surface area contributed by atoms with E-state index in [2.05, 4.69) is 20.1 Å². The van der Waals surface area contributed by atoms with Gasteiger partial charge in [-0.3, -0.25) is 9.69 Å². The van der Waals surface area contributed by atoms with Gasteiger partial charge in [-0.05, 0) is 31.0 Å². The minimum Gasteiger partial charge on any atom is -0.423 e. The molecule has 3 aliphatic heterocycles. The third kappa shape index (κ3) is 3.76. The Balaban J connectivity index is 1.16. The molecule has 0 spiro atoms. The third-order valence-corrected chi connectivity index (χ3v) is 6.52. The maximum atomic E-state index is 13.4. The van der Waals surface area contributed by atoms with E-state index in [0.717, 1.165) is 42.8 Å². The molecule has 3 saturated heterocycles. The van der Waals surface area contributed by atoms with E-state index >= 15 is 0 Å². The van der Waals surface area contributed by atoms with Gasteiger partial charge in [0.15, 0.2) is 5.58 Å². The highest BCUT2D eigenvalue weighted by atomic mass is 19.3. The van der Waals surface area contributed by atoms with Crippen LogP contribution in [0.2, 0.25) is 0 Å². The summed E-state index contributed by atoms with van der Waals surface area (Å²) in [6, 6.07) is 6.54. The highest BCUT2D eigenvalue weighted by Gasteiger charge is 2.43. The molecule has 2 atom stereocenters. The van der Waals surface area contributed by atoms with Crippen molar-refractivity contribution >= 4 is 23.0 Å². The predicted octanol–water partition coefficient (Wildman–Crippen LogP) is 1.86. The fourth-order valence-electron chi connectivity index (χ4n) is 4.77. The van der Waals surface area contributed by atoms with Crippen molar-refractivity contribution in [1.29, 1.82) is 0 Å². The zero-order valence-corrected chi connectivity index (χ0v) is 17.1. The Bertz CT molecular complexity index is 941. The van der Waals surface area contributed by atoms with Gasteiger partial charge in [-0.15, -0.1) is 0 Å². The first-order valence-corrected chi connectivity index (χ1v) is 10.6. The number of anilines is 1. The summed E-state index contributed by atoms with van der Waals surface area (Å²) < 4.78 is 32.8. The van der Waals surface area contributed by atoms with Crippen molar-refractivity contribution in [1.82, 2.24) is 20.1 Å². The second-order valence-electron chi connectivity index (χ2n) is 8.71. The Hall–Kier alpha value is -2.26. The number of nitrogens with one attached hydrogen (secondary N) is 1. The van der Waals surface area contributed by atoms with Crippen molar-refractivity contribution in [2.75, 3.05) is 50.7 Å².